The number of nitrogen functional groups attached to an aromatic ring is 1. The van der Waals surface area contributed by atoms with E-state index in [0.717, 1.165) is 53.8 Å². The number of nitrogens with two attached hydrogens (primary N) is 1. The average Bonchev–Trinajstić information content (AvgIpc) is 3.09. The minimum atomic E-state index is -0.120. The van der Waals surface area contributed by atoms with Gasteiger partial charge < -0.3 is 15.2 Å². The number of benzene rings is 1. The molecule has 0 spiro atoms. The number of aromatic nitrogens is 3. The molecule has 1 aromatic carbocycles. The van der Waals surface area contributed by atoms with Gasteiger partial charge in [0.15, 0.2) is 11.0 Å². The van der Waals surface area contributed by atoms with Gasteiger partial charge in [0.25, 0.3) is 0 Å². The third-order valence-electron chi connectivity index (χ3n) is 5.89. The van der Waals surface area contributed by atoms with Crippen LogP contribution in [0.5, 0.6) is 5.75 Å². The highest BCUT2D eigenvalue weighted by Gasteiger charge is 2.29. The maximum atomic E-state index is 6.72. The van der Waals surface area contributed by atoms with E-state index in [1.807, 2.05) is 23.6 Å². The van der Waals surface area contributed by atoms with Crippen LogP contribution in [0.3, 0.4) is 0 Å². The van der Waals surface area contributed by atoms with E-state index in [-0.39, 0.29) is 5.92 Å². The van der Waals surface area contributed by atoms with Crippen molar-refractivity contribution in [3.63, 3.8) is 0 Å². The van der Waals surface area contributed by atoms with E-state index < -0.39 is 0 Å². The number of rotatable bonds is 5. The second-order valence-corrected chi connectivity index (χ2v) is 8.41. The number of nitrogens with zero attached hydrogens (tertiary/aromatic N) is 3. The Bertz CT molecular complexity index is 1080. The van der Waals surface area contributed by atoms with Gasteiger partial charge in [-0.25, -0.2) is 9.97 Å². The van der Waals surface area contributed by atoms with E-state index in [9.17, 15) is 0 Å². The molecule has 1 fully saturated rings. The van der Waals surface area contributed by atoms with E-state index in [4.69, 9.17) is 38.4 Å². The fourth-order valence-electron chi connectivity index (χ4n) is 4.36. The molecule has 1 aliphatic rings. The molecule has 1 saturated heterocycles. The van der Waals surface area contributed by atoms with E-state index >= 15 is 0 Å². The van der Waals surface area contributed by atoms with Crippen molar-refractivity contribution < 1.29 is 9.47 Å². The molecule has 0 radical (unpaired) electrons. The first-order chi connectivity index (χ1) is 14.4. The lowest BCUT2D eigenvalue weighted by atomic mass is 9.84. The third-order valence-corrected chi connectivity index (χ3v) is 6.55. The quantitative estimate of drug-likeness (QED) is 0.567. The maximum absolute atomic E-state index is 6.72. The van der Waals surface area contributed by atoms with Crippen LogP contribution < -0.4 is 10.5 Å². The fourth-order valence-corrected chi connectivity index (χ4v) is 4.85. The lowest BCUT2D eigenvalue weighted by Crippen LogP contribution is -2.18. The van der Waals surface area contributed by atoms with E-state index in [1.165, 1.54) is 5.56 Å². The Labute approximate surface area is 186 Å². The van der Waals surface area contributed by atoms with Gasteiger partial charge in [0, 0.05) is 47.7 Å². The number of imidazole rings is 1. The van der Waals surface area contributed by atoms with Gasteiger partial charge in [-0.2, -0.15) is 0 Å². The van der Waals surface area contributed by atoms with Gasteiger partial charge >= 0.3 is 0 Å². The lowest BCUT2D eigenvalue weighted by Gasteiger charge is -2.29. The zero-order valence-corrected chi connectivity index (χ0v) is 18.9. The smallest absolute Gasteiger partial charge is 0.158 e. The number of halogens is 2. The maximum Gasteiger partial charge on any atom is 0.158 e. The molecule has 6 nitrogen and oxygen atoms in total. The van der Waals surface area contributed by atoms with Crippen LogP contribution in [0.25, 0.3) is 5.52 Å². The molecule has 1 atom stereocenters. The lowest BCUT2D eigenvalue weighted by molar-refractivity contribution is 0.0845. The molecule has 0 saturated carbocycles. The Morgan fingerprint density at radius 2 is 2.07 bits per heavy atom. The Morgan fingerprint density at radius 1 is 1.33 bits per heavy atom. The average molecular weight is 449 g/mol. The number of hydrogen-bond donors (Lipinski definition) is 1. The van der Waals surface area contributed by atoms with Crippen molar-refractivity contribution in [2.45, 2.75) is 45.4 Å². The molecule has 1 unspecified atom stereocenters. The van der Waals surface area contributed by atoms with Gasteiger partial charge in [0.1, 0.15) is 17.1 Å². The summed E-state index contributed by atoms with van der Waals surface area (Å²) in [6.07, 6.45) is 5.38. The highest BCUT2D eigenvalue weighted by Crippen LogP contribution is 2.45. The SMILES string of the molecule is CCOc1c(C(C)c2nc(Cl)c3c(N)nccn23)cc(Cl)c(C)c1C1CCOCC1. The molecule has 2 N–H and O–H groups in total. The first kappa shape index (κ1) is 21.2. The van der Waals surface area contributed by atoms with Crippen molar-refractivity contribution in [3.8, 4) is 5.75 Å². The summed E-state index contributed by atoms with van der Waals surface area (Å²) in [5.41, 5.74) is 9.90. The van der Waals surface area contributed by atoms with Gasteiger partial charge in [-0.3, -0.25) is 4.40 Å². The van der Waals surface area contributed by atoms with Crippen LogP contribution in [0.2, 0.25) is 10.2 Å². The Kier molecular flexibility index (Phi) is 6.09. The topological polar surface area (TPSA) is 74.7 Å². The summed E-state index contributed by atoms with van der Waals surface area (Å²) >= 11 is 13.1. The first-order valence-electron chi connectivity index (χ1n) is 10.2. The van der Waals surface area contributed by atoms with Crippen LogP contribution in [0.4, 0.5) is 5.82 Å². The van der Waals surface area contributed by atoms with Gasteiger partial charge in [-0.15, -0.1) is 0 Å². The van der Waals surface area contributed by atoms with Crippen molar-refractivity contribution >= 4 is 34.5 Å². The highest BCUT2D eigenvalue weighted by atomic mass is 35.5. The largest absolute Gasteiger partial charge is 0.493 e. The Hall–Kier alpha value is -2.02. The zero-order valence-electron chi connectivity index (χ0n) is 17.4. The summed E-state index contributed by atoms with van der Waals surface area (Å²) in [5, 5.41) is 1.07. The molecule has 1 aliphatic heterocycles. The summed E-state index contributed by atoms with van der Waals surface area (Å²) in [5.74, 6) is 2.25. The molecular formula is C22H26Cl2N4O2. The van der Waals surface area contributed by atoms with Crippen LogP contribution in [0.15, 0.2) is 18.5 Å². The Balaban J connectivity index is 1.90. The van der Waals surface area contributed by atoms with Gasteiger partial charge in [0.05, 0.1) is 6.61 Å². The minimum absolute atomic E-state index is 0.120. The standard InChI is InChI=1S/C22H26Cl2N4O2/c1-4-30-19-15(11-16(23)13(3)17(19)14-5-9-29-10-6-14)12(2)22-27-20(24)18-21(25)26-7-8-28(18)22/h7-8,11-12,14H,4-6,9-10H2,1-3H3,(H2,25,26). The minimum Gasteiger partial charge on any atom is -0.493 e. The van der Waals surface area contributed by atoms with Crippen LogP contribution in [-0.2, 0) is 4.74 Å². The fraction of sp³-hybridized carbons (Fsp3) is 0.455. The summed E-state index contributed by atoms with van der Waals surface area (Å²) in [4.78, 5) is 8.75. The Morgan fingerprint density at radius 3 is 2.77 bits per heavy atom. The van der Waals surface area contributed by atoms with Gasteiger partial charge in [-0.05, 0) is 44.2 Å². The van der Waals surface area contributed by atoms with Gasteiger partial charge in [0.2, 0.25) is 0 Å². The van der Waals surface area contributed by atoms with Crippen molar-refractivity contribution in [1.29, 1.82) is 0 Å². The van der Waals surface area contributed by atoms with E-state index in [0.29, 0.717) is 29.0 Å². The summed E-state index contributed by atoms with van der Waals surface area (Å²) in [6, 6.07) is 1.99. The van der Waals surface area contributed by atoms with Crippen LogP contribution in [0, 0.1) is 6.92 Å². The predicted molar refractivity (Wildman–Crippen MR) is 120 cm³/mol. The number of anilines is 1. The summed E-state index contributed by atoms with van der Waals surface area (Å²) in [7, 11) is 0. The molecule has 160 valence electrons. The van der Waals surface area contributed by atoms with Crippen molar-refractivity contribution in [1.82, 2.24) is 14.4 Å². The molecule has 0 amide bonds. The third kappa shape index (κ3) is 3.61. The second kappa shape index (κ2) is 8.61. The molecule has 4 rings (SSSR count). The summed E-state index contributed by atoms with van der Waals surface area (Å²) < 4.78 is 13.7. The van der Waals surface area contributed by atoms with Crippen LogP contribution >= 0.6 is 23.2 Å². The zero-order chi connectivity index (χ0) is 21.4. The summed E-state index contributed by atoms with van der Waals surface area (Å²) in [6.45, 7) is 8.22. The number of hydrogen-bond acceptors (Lipinski definition) is 5. The van der Waals surface area contributed by atoms with Crippen molar-refractivity contribution in [2.24, 2.45) is 0 Å². The van der Waals surface area contributed by atoms with Crippen molar-refractivity contribution in [2.75, 3.05) is 25.6 Å². The molecule has 30 heavy (non-hydrogen) atoms. The molecule has 3 heterocycles. The molecule has 0 aliphatic carbocycles. The molecular weight excluding hydrogens is 423 g/mol. The van der Waals surface area contributed by atoms with Crippen LogP contribution in [-0.4, -0.2) is 34.2 Å². The molecule has 3 aromatic rings. The predicted octanol–water partition coefficient (Wildman–Crippen LogP) is 5.37. The number of fused-ring (bicyclic) bond motifs is 1. The van der Waals surface area contributed by atoms with E-state index in [1.54, 1.807) is 6.20 Å². The normalized spacial score (nSPS) is 16.2. The highest BCUT2D eigenvalue weighted by molar-refractivity contribution is 6.33. The molecule has 8 heteroatoms. The second-order valence-electron chi connectivity index (χ2n) is 7.65. The first-order valence-corrected chi connectivity index (χ1v) is 11.0. The van der Waals surface area contributed by atoms with Crippen molar-refractivity contribution in [3.05, 3.63) is 51.2 Å². The van der Waals surface area contributed by atoms with E-state index in [2.05, 4.69) is 23.8 Å². The van der Waals surface area contributed by atoms with Crippen LogP contribution in [0.1, 0.15) is 61.0 Å². The molecule has 0 bridgehead atoms. The monoisotopic (exact) mass is 448 g/mol. The van der Waals surface area contributed by atoms with Gasteiger partial charge in [-0.1, -0.05) is 30.1 Å². The number of ether oxygens (including phenoxy) is 2. The molecule has 2 aromatic heterocycles.